The van der Waals surface area contributed by atoms with Crippen molar-refractivity contribution in [3.63, 3.8) is 0 Å². The predicted octanol–water partition coefficient (Wildman–Crippen LogP) is 2.43. The van der Waals surface area contributed by atoms with E-state index < -0.39 is 0 Å². The summed E-state index contributed by atoms with van der Waals surface area (Å²) in [4.78, 5) is 4.39. The number of benzene rings is 1. The molecule has 0 fully saturated rings. The molecule has 0 aliphatic carbocycles. The summed E-state index contributed by atoms with van der Waals surface area (Å²) in [5, 5.41) is 6.40. The van der Waals surface area contributed by atoms with Crippen LogP contribution in [0.3, 0.4) is 0 Å². The van der Waals surface area contributed by atoms with Crippen molar-refractivity contribution in [2.45, 2.75) is 6.04 Å². The average Bonchev–Trinajstić information content (AvgIpc) is 2.42. The van der Waals surface area contributed by atoms with Crippen LogP contribution in [0.15, 0.2) is 48.7 Å². The highest BCUT2D eigenvalue weighted by Crippen LogP contribution is 2.21. The topological polar surface area (TPSA) is 37.0 Å². The molecule has 1 aromatic carbocycles. The van der Waals surface area contributed by atoms with Crippen LogP contribution in [0.2, 0.25) is 0 Å². The molecule has 88 valence electrons. The highest BCUT2D eigenvalue weighted by Gasteiger charge is 2.12. The van der Waals surface area contributed by atoms with Crippen molar-refractivity contribution >= 4 is 5.69 Å². The number of hydrogen-bond acceptors (Lipinski definition) is 3. The SMILES string of the molecule is CNc1ccc(C(NC)c2ccccn2)cc1. The van der Waals surface area contributed by atoms with Crippen LogP contribution in [-0.2, 0) is 0 Å². The smallest absolute Gasteiger partial charge is 0.0749 e. The van der Waals surface area contributed by atoms with Crippen LogP contribution in [0.4, 0.5) is 5.69 Å². The Morgan fingerprint density at radius 2 is 1.76 bits per heavy atom. The van der Waals surface area contributed by atoms with E-state index in [-0.39, 0.29) is 6.04 Å². The third-order valence-corrected chi connectivity index (χ3v) is 2.80. The second-order valence-corrected chi connectivity index (χ2v) is 3.85. The normalized spacial score (nSPS) is 12.1. The van der Waals surface area contributed by atoms with E-state index in [4.69, 9.17) is 0 Å². The lowest BCUT2D eigenvalue weighted by atomic mass is 10.0. The van der Waals surface area contributed by atoms with Crippen molar-refractivity contribution in [2.24, 2.45) is 0 Å². The standard InChI is InChI=1S/C14H17N3/c1-15-12-8-6-11(7-9-12)14(16-2)13-5-3-4-10-17-13/h3-10,14-16H,1-2H3. The molecule has 0 saturated carbocycles. The zero-order valence-electron chi connectivity index (χ0n) is 10.1. The van der Waals surface area contributed by atoms with E-state index in [0.717, 1.165) is 11.4 Å². The van der Waals surface area contributed by atoms with Crippen LogP contribution in [0.25, 0.3) is 0 Å². The van der Waals surface area contributed by atoms with Crippen molar-refractivity contribution in [3.05, 3.63) is 59.9 Å². The molecular formula is C14H17N3. The van der Waals surface area contributed by atoms with Gasteiger partial charge >= 0.3 is 0 Å². The molecule has 3 heteroatoms. The van der Waals surface area contributed by atoms with E-state index in [1.165, 1.54) is 5.56 Å². The molecule has 2 aromatic rings. The summed E-state index contributed by atoms with van der Waals surface area (Å²) >= 11 is 0. The minimum absolute atomic E-state index is 0.141. The zero-order chi connectivity index (χ0) is 12.1. The Balaban J connectivity index is 2.29. The highest BCUT2D eigenvalue weighted by molar-refractivity contribution is 5.45. The number of nitrogens with one attached hydrogen (secondary N) is 2. The Hall–Kier alpha value is -1.87. The Morgan fingerprint density at radius 3 is 2.29 bits per heavy atom. The number of anilines is 1. The number of nitrogens with zero attached hydrogens (tertiary/aromatic N) is 1. The van der Waals surface area contributed by atoms with E-state index in [1.807, 2.05) is 38.5 Å². The Bertz CT molecular complexity index is 451. The maximum absolute atomic E-state index is 4.39. The van der Waals surface area contributed by atoms with Crippen LogP contribution in [0.1, 0.15) is 17.3 Å². The molecule has 0 radical (unpaired) electrons. The van der Waals surface area contributed by atoms with E-state index in [1.54, 1.807) is 0 Å². The van der Waals surface area contributed by atoms with Crippen molar-refractivity contribution in [2.75, 3.05) is 19.4 Å². The third-order valence-electron chi connectivity index (χ3n) is 2.80. The molecule has 17 heavy (non-hydrogen) atoms. The van der Waals surface area contributed by atoms with E-state index in [0.29, 0.717) is 0 Å². The average molecular weight is 227 g/mol. The van der Waals surface area contributed by atoms with Crippen LogP contribution in [0.5, 0.6) is 0 Å². The molecule has 0 aliphatic rings. The molecule has 3 nitrogen and oxygen atoms in total. The van der Waals surface area contributed by atoms with Gasteiger partial charge in [0.15, 0.2) is 0 Å². The molecule has 1 heterocycles. The van der Waals surface area contributed by atoms with Gasteiger partial charge in [-0.05, 0) is 36.9 Å². The summed E-state index contributed by atoms with van der Waals surface area (Å²) in [5.74, 6) is 0. The predicted molar refractivity (Wildman–Crippen MR) is 71.1 cm³/mol. The fraction of sp³-hybridized carbons (Fsp3) is 0.214. The first kappa shape index (κ1) is 11.6. The van der Waals surface area contributed by atoms with E-state index >= 15 is 0 Å². The summed E-state index contributed by atoms with van der Waals surface area (Å²) in [5.41, 5.74) is 3.36. The molecule has 0 bridgehead atoms. The summed E-state index contributed by atoms with van der Waals surface area (Å²) in [6.45, 7) is 0. The number of pyridine rings is 1. The maximum atomic E-state index is 4.39. The Kier molecular flexibility index (Phi) is 3.73. The molecule has 1 atom stereocenters. The molecule has 1 unspecified atom stereocenters. The fourth-order valence-electron chi connectivity index (χ4n) is 1.87. The van der Waals surface area contributed by atoms with Crippen LogP contribution >= 0.6 is 0 Å². The first-order chi connectivity index (χ1) is 8.35. The zero-order valence-corrected chi connectivity index (χ0v) is 10.1. The van der Waals surface area contributed by atoms with Gasteiger partial charge in [-0.15, -0.1) is 0 Å². The molecule has 0 aliphatic heterocycles. The lowest BCUT2D eigenvalue weighted by Gasteiger charge is -2.16. The largest absolute Gasteiger partial charge is 0.388 e. The van der Waals surface area contributed by atoms with E-state index in [9.17, 15) is 0 Å². The van der Waals surface area contributed by atoms with Gasteiger partial charge in [-0.1, -0.05) is 18.2 Å². The van der Waals surface area contributed by atoms with Gasteiger partial charge in [0, 0.05) is 18.9 Å². The van der Waals surface area contributed by atoms with Gasteiger partial charge in [0.1, 0.15) is 0 Å². The van der Waals surface area contributed by atoms with Gasteiger partial charge in [0.25, 0.3) is 0 Å². The molecule has 2 N–H and O–H groups in total. The van der Waals surface area contributed by atoms with Crippen LogP contribution in [-0.4, -0.2) is 19.1 Å². The summed E-state index contributed by atoms with van der Waals surface area (Å²) in [6.07, 6.45) is 1.82. The number of aromatic nitrogens is 1. The maximum Gasteiger partial charge on any atom is 0.0749 e. The first-order valence-corrected chi connectivity index (χ1v) is 5.71. The summed E-state index contributed by atoms with van der Waals surface area (Å²) in [6, 6.07) is 14.5. The van der Waals surface area contributed by atoms with Gasteiger partial charge < -0.3 is 10.6 Å². The van der Waals surface area contributed by atoms with Gasteiger partial charge in [-0.25, -0.2) is 0 Å². The Morgan fingerprint density at radius 1 is 1.00 bits per heavy atom. The van der Waals surface area contributed by atoms with Crippen LogP contribution < -0.4 is 10.6 Å². The van der Waals surface area contributed by atoms with Crippen molar-refractivity contribution in [1.82, 2.24) is 10.3 Å². The molecular weight excluding hydrogens is 210 g/mol. The first-order valence-electron chi connectivity index (χ1n) is 5.71. The van der Waals surface area contributed by atoms with Gasteiger partial charge in [0.2, 0.25) is 0 Å². The van der Waals surface area contributed by atoms with Crippen molar-refractivity contribution in [3.8, 4) is 0 Å². The molecule has 2 rings (SSSR count). The lowest BCUT2D eigenvalue weighted by molar-refractivity contribution is 0.671. The Labute approximate surface area is 102 Å². The van der Waals surface area contributed by atoms with E-state index in [2.05, 4.69) is 39.9 Å². The second kappa shape index (κ2) is 5.46. The van der Waals surface area contributed by atoms with Crippen LogP contribution in [0, 0.1) is 0 Å². The monoisotopic (exact) mass is 227 g/mol. The van der Waals surface area contributed by atoms with Gasteiger partial charge in [-0.3, -0.25) is 4.98 Å². The molecule has 1 aromatic heterocycles. The van der Waals surface area contributed by atoms with Gasteiger partial charge in [0.05, 0.1) is 11.7 Å². The minimum atomic E-state index is 0.141. The third kappa shape index (κ3) is 2.63. The van der Waals surface area contributed by atoms with Crippen molar-refractivity contribution in [1.29, 1.82) is 0 Å². The summed E-state index contributed by atoms with van der Waals surface area (Å²) < 4.78 is 0. The highest BCUT2D eigenvalue weighted by atomic mass is 14.9. The van der Waals surface area contributed by atoms with Crippen molar-refractivity contribution < 1.29 is 0 Å². The second-order valence-electron chi connectivity index (χ2n) is 3.85. The molecule has 0 saturated heterocycles. The molecule has 0 amide bonds. The summed E-state index contributed by atoms with van der Waals surface area (Å²) in [7, 11) is 3.87. The lowest BCUT2D eigenvalue weighted by Crippen LogP contribution is -2.18. The fourth-order valence-corrected chi connectivity index (χ4v) is 1.87. The number of rotatable bonds is 4. The quantitative estimate of drug-likeness (QED) is 0.842. The van der Waals surface area contributed by atoms with Gasteiger partial charge in [-0.2, -0.15) is 0 Å². The minimum Gasteiger partial charge on any atom is -0.388 e. The molecule has 0 spiro atoms. The number of hydrogen-bond donors (Lipinski definition) is 2.